The Bertz CT molecular complexity index is 626. The van der Waals surface area contributed by atoms with Crippen LogP contribution >= 0.6 is 0 Å². The fraction of sp³-hybridized carbons (Fsp3) is 0.500. The maximum Gasteiger partial charge on any atom is 0.130 e. The lowest BCUT2D eigenvalue weighted by Crippen LogP contribution is -2.24. The van der Waals surface area contributed by atoms with Crippen LogP contribution in [0.4, 0.5) is 5.82 Å². The van der Waals surface area contributed by atoms with Crippen LogP contribution in [0.5, 0.6) is 0 Å². The van der Waals surface area contributed by atoms with Crippen LogP contribution < -0.4 is 10.2 Å². The van der Waals surface area contributed by atoms with Gasteiger partial charge in [-0.05, 0) is 31.2 Å². The van der Waals surface area contributed by atoms with Crippen LogP contribution in [0.25, 0.3) is 0 Å². The maximum absolute atomic E-state index is 4.58. The number of nitrogens with one attached hydrogen (secondary N) is 1. The Morgan fingerprint density at radius 1 is 1.27 bits per heavy atom. The van der Waals surface area contributed by atoms with Gasteiger partial charge in [-0.25, -0.2) is 0 Å². The maximum atomic E-state index is 4.58. The van der Waals surface area contributed by atoms with Gasteiger partial charge in [0.1, 0.15) is 5.82 Å². The third kappa shape index (κ3) is 3.02. The van der Waals surface area contributed by atoms with Crippen molar-refractivity contribution in [3.63, 3.8) is 0 Å². The van der Waals surface area contributed by atoms with E-state index in [1.807, 2.05) is 11.7 Å². The second kappa shape index (κ2) is 6.13. The Kier molecular flexibility index (Phi) is 4.21. The molecule has 1 aliphatic rings. The molecule has 118 valence electrons. The molecule has 0 unspecified atom stereocenters. The van der Waals surface area contributed by atoms with Crippen molar-refractivity contribution in [3.05, 3.63) is 47.2 Å². The molecule has 1 saturated carbocycles. The first-order valence-corrected chi connectivity index (χ1v) is 8.06. The third-order valence-electron chi connectivity index (χ3n) is 4.49. The van der Waals surface area contributed by atoms with Crippen molar-refractivity contribution in [3.8, 4) is 0 Å². The van der Waals surface area contributed by atoms with Crippen LogP contribution in [0.15, 0.2) is 30.3 Å². The molecule has 0 bridgehead atoms. The van der Waals surface area contributed by atoms with E-state index in [9.17, 15) is 0 Å². The van der Waals surface area contributed by atoms with Gasteiger partial charge in [0.2, 0.25) is 0 Å². The van der Waals surface area contributed by atoms with Crippen molar-refractivity contribution in [1.82, 2.24) is 15.1 Å². The van der Waals surface area contributed by atoms with E-state index in [0.717, 1.165) is 18.2 Å². The quantitative estimate of drug-likeness (QED) is 0.890. The minimum absolute atomic E-state index is 0.454. The monoisotopic (exact) mass is 298 g/mol. The van der Waals surface area contributed by atoms with E-state index in [1.54, 1.807) is 0 Å². The molecule has 1 N–H and O–H groups in total. The number of rotatable bonds is 6. The SMILES string of the molecule is Cc1nn(C)c(N(C)C)c1CN[C@H](c1ccccc1)C1CC1. The Balaban J connectivity index is 1.79. The summed E-state index contributed by atoms with van der Waals surface area (Å²) in [4.78, 5) is 2.14. The van der Waals surface area contributed by atoms with E-state index in [4.69, 9.17) is 0 Å². The van der Waals surface area contributed by atoms with Gasteiger partial charge < -0.3 is 10.2 Å². The molecule has 1 aliphatic carbocycles. The predicted molar refractivity (Wildman–Crippen MR) is 91.0 cm³/mol. The highest BCUT2D eigenvalue weighted by atomic mass is 15.4. The number of hydrogen-bond acceptors (Lipinski definition) is 3. The number of aryl methyl sites for hydroxylation is 2. The summed E-state index contributed by atoms with van der Waals surface area (Å²) in [6.07, 6.45) is 2.66. The van der Waals surface area contributed by atoms with Crippen LogP contribution in [0.1, 0.15) is 35.7 Å². The second-order valence-electron chi connectivity index (χ2n) is 6.51. The third-order valence-corrected chi connectivity index (χ3v) is 4.49. The molecule has 0 amide bonds. The summed E-state index contributed by atoms with van der Waals surface area (Å²) < 4.78 is 1.97. The number of benzene rings is 1. The molecule has 0 saturated heterocycles. The number of nitrogens with zero attached hydrogens (tertiary/aromatic N) is 3. The van der Waals surface area contributed by atoms with Gasteiger partial charge in [0, 0.05) is 39.3 Å². The molecule has 1 heterocycles. The zero-order chi connectivity index (χ0) is 15.7. The predicted octanol–water partition coefficient (Wildman–Crippen LogP) is 3.04. The lowest BCUT2D eigenvalue weighted by atomic mass is 10.0. The largest absolute Gasteiger partial charge is 0.363 e. The molecule has 1 aromatic heterocycles. The van der Waals surface area contributed by atoms with Gasteiger partial charge >= 0.3 is 0 Å². The van der Waals surface area contributed by atoms with Crippen LogP contribution in [-0.2, 0) is 13.6 Å². The Morgan fingerprint density at radius 3 is 2.55 bits per heavy atom. The van der Waals surface area contributed by atoms with E-state index in [0.29, 0.717) is 6.04 Å². The minimum Gasteiger partial charge on any atom is -0.363 e. The zero-order valence-electron chi connectivity index (χ0n) is 14.0. The van der Waals surface area contributed by atoms with E-state index < -0.39 is 0 Å². The van der Waals surface area contributed by atoms with Crippen LogP contribution in [0, 0.1) is 12.8 Å². The smallest absolute Gasteiger partial charge is 0.130 e. The fourth-order valence-corrected chi connectivity index (χ4v) is 3.31. The van der Waals surface area contributed by atoms with E-state index in [1.165, 1.54) is 29.8 Å². The fourth-order valence-electron chi connectivity index (χ4n) is 3.31. The molecule has 0 spiro atoms. The highest BCUT2D eigenvalue weighted by Gasteiger charge is 2.32. The Labute approximate surface area is 133 Å². The first-order valence-electron chi connectivity index (χ1n) is 8.06. The Morgan fingerprint density at radius 2 is 1.95 bits per heavy atom. The summed E-state index contributed by atoms with van der Waals surface area (Å²) in [7, 11) is 6.17. The lowest BCUT2D eigenvalue weighted by Gasteiger charge is -2.21. The number of aromatic nitrogens is 2. The van der Waals surface area contributed by atoms with Gasteiger partial charge in [0.05, 0.1) is 5.69 Å². The minimum atomic E-state index is 0.454. The van der Waals surface area contributed by atoms with Gasteiger partial charge in [0.25, 0.3) is 0 Å². The normalized spacial score (nSPS) is 15.8. The van der Waals surface area contributed by atoms with Gasteiger partial charge in [-0.15, -0.1) is 0 Å². The molecule has 4 heteroatoms. The van der Waals surface area contributed by atoms with E-state index in [-0.39, 0.29) is 0 Å². The topological polar surface area (TPSA) is 33.1 Å². The van der Waals surface area contributed by atoms with Crippen LogP contribution in [0.2, 0.25) is 0 Å². The molecule has 3 rings (SSSR count). The molecule has 1 atom stereocenters. The van der Waals surface area contributed by atoms with Crippen molar-refractivity contribution in [2.75, 3.05) is 19.0 Å². The molecule has 4 nitrogen and oxygen atoms in total. The second-order valence-corrected chi connectivity index (χ2v) is 6.51. The first kappa shape index (κ1) is 15.1. The van der Waals surface area contributed by atoms with Crippen LogP contribution in [-0.4, -0.2) is 23.9 Å². The van der Waals surface area contributed by atoms with Gasteiger partial charge in [0.15, 0.2) is 0 Å². The van der Waals surface area contributed by atoms with Crippen molar-refractivity contribution in [2.45, 2.75) is 32.4 Å². The molecular weight excluding hydrogens is 272 g/mol. The summed E-state index contributed by atoms with van der Waals surface area (Å²) in [6, 6.07) is 11.3. The summed E-state index contributed by atoms with van der Waals surface area (Å²) in [5.41, 5.74) is 3.81. The standard InChI is InChI=1S/C18H26N4/c1-13-16(18(21(2)3)22(4)20-13)12-19-17(15-10-11-15)14-8-6-5-7-9-14/h5-9,15,17,19H,10-12H2,1-4H3/t17-/m1/s1. The van der Waals surface area contributed by atoms with Crippen molar-refractivity contribution in [2.24, 2.45) is 13.0 Å². The Hall–Kier alpha value is -1.81. The van der Waals surface area contributed by atoms with Gasteiger partial charge in [-0.3, -0.25) is 4.68 Å². The number of hydrogen-bond donors (Lipinski definition) is 1. The molecule has 0 radical (unpaired) electrons. The summed E-state index contributed by atoms with van der Waals surface area (Å²) in [5, 5.41) is 8.36. The van der Waals surface area contributed by atoms with E-state index >= 15 is 0 Å². The van der Waals surface area contributed by atoms with Crippen molar-refractivity contribution < 1.29 is 0 Å². The highest BCUT2D eigenvalue weighted by molar-refractivity contribution is 5.49. The first-order chi connectivity index (χ1) is 10.6. The zero-order valence-corrected chi connectivity index (χ0v) is 14.0. The number of anilines is 1. The average Bonchev–Trinajstić information content (AvgIpc) is 3.27. The van der Waals surface area contributed by atoms with Gasteiger partial charge in [-0.2, -0.15) is 5.10 Å². The van der Waals surface area contributed by atoms with Crippen molar-refractivity contribution >= 4 is 5.82 Å². The van der Waals surface area contributed by atoms with Crippen molar-refractivity contribution in [1.29, 1.82) is 0 Å². The lowest BCUT2D eigenvalue weighted by molar-refractivity contribution is 0.479. The van der Waals surface area contributed by atoms with Crippen LogP contribution in [0.3, 0.4) is 0 Å². The molecule has 1 aromatic carbocycles. The molecular formula is C18H26N4. The molecule has 22 heavy (non-hydrogen) atoms. The molecule has 1 fully saturated rings. The average molecular weight is 298 g/mol. The van der Waals surface area contributed by atoms with E-state index in [2.05, 4.69) is 66.7 Å². The van der Waals surface area contributed by atoms with Gasteiger partial charge in [-0.1, -0.05) is 30.3 Å². The molecule has 0 aliphatic heterocycles. The highest BCUT2D eigenvalue weighted by Crippen LogP contribution is 2.41. The summed E-state index contributed by atoms with van der Waals surface area (Å²) in [5.74, 6) is 1.97. The summed E-state index contributed by atoms with van der Waals surface area (Å²) >= 11 is 0. The summed E-state index contributed by atoms with van der Waals surface area (Å²) in [6.45, 7) is 2.96. The molecule has 2 aromatic rings.